The van der Waals surface area contributed by atoms with Crippen molar-refractivity contribution in [2.75, 3.05) is 48.8 Å². The standard InChI is InChI=1S/C20H24N6O2/c1-24-13-14(12-23-24)16-10-17(21)19(28-2)11-18(16)26-7-5-25(6-8-26)15-3-4-22-20(27)9-15/h3-4,9-13H,5-8,21H2,1-2H3,(H,22,27). The minimum absolute atomic E-state index is 0.0814. The Balaban J connectivity index is 1.63. The van der Waals surface area contributed by atoms with Gasteiger partial charge < -0.3 is 25.3 Å². The van der Waals surface area contributed by atoms with E-state index in [0.717, 1.165) is 48.7 Å². The van der Waals surface area contributed by atoms with Crippen LogP contribution < -0.4 is 25.8 Å². The number of pyridine rings is 1. The van der Waals surface area contributed by atoms with Crippen molar-refractivity contribution >= 4 is 17.1 Å². The molecule has 1 aromatic carbocycles. The average molecular weight is 380 g/mol. The Bertz CT molecular complexity index is 1030. The van der Waals surface area contributed by atoms with Gasteiger partial charge in [-0.1, -0.05) is 0 Å². The number of piperazine rings is 1. The highest BCUT2D eigenvalue weighted by Gasteiger charge is 2.22. The van der Waals surface area contributed by atoms with Crippen molar-refractivity contribution in [3.05, 3.63) is 53.2 Å². The Morgan fingerprint density at radius 1 is 1.14 bits per heavy atom. The molecule has 1 aliphatic heterocycles. The van der Waals surface area contributed by atoms with Crippen LogP contribution in [0.4, 0.5) is 17.1 Å². The third-order valence-electron chi connectivity index (χ3n) is 5.11. The Morgan fingerprint density at radius 3 is 2.54 bits per heavy atom. The van der Waals surface area contributed by atoms with Crippen LogP contribution in [0.15, 0.2) is 47.7 Å². The van der Waals surface area contributed by atoms with Crippen molar-refractivity contribution in [2.24, 2.45) is 7.05 Å². The van der Waals surface area contributed by atoms with E-state index >= 15 is 0 Å². The Labute approximate surface area is 163 Å². The molecule has 28 heavy (non-hydrogen) atoms. The van der Waals surface area contributed by atoms with Gasteiger partial charge in [0.05, 0.1) is 19.0 Å². The molecule has 3 heterocycles. The molecule has 8 heteroatoms. The number of benzene rings is 1. The van der Waals surface area contributed by atoms with Crippen LogP contribution in [0.2, 0.25) is 0 Å². The molecule has 1 fully saturated rings. The molecule has 1 aliphatic rings. The molecule has 0 amide bonds. The van der Waals surface area contributed by atoms with Crippen LogP contribution in [-0.2, 0) is 7.05 Å². The van der Waals surface area contributed by atoms with Gasteiger partial charge in [0.25, 0.3) is 0 Å². The van der Waals surface area contributed by atoms with E-state index in [1.807, 2.05) is 37.6 Å². The van der Waals surface area contributed by atoms with Crippen LogP contribution in [0.25, 0.3) is 11.1 Å². The zero-order chi connectivity index (χ0) is 19.7. The van der Waals surface area contributed by atoms with E-state index in [4.69, 9.17) is 10.5 Å². The Hall–Kier alpha value is -3.42. The molecule has 0 saturated carbocycles. The number of methoxy groups -OCH3 is 1. The summed E-state index contributed by atoms with van der Waals surface area (Å²) in [6.07, 6.45) is 5.52. The highest BCUT2D eigenvalue weighted by molar-refractivity contribution is 5.83. The summed E-state index contributed by atoms with van der Waals surface area (Å²) < 4.78 is 7.24. The quantitative estimate of drug-likeness (QED) is 0.669. The number of hydrogen-bond donors (Lipinski definition) is 2. The van der Waals surface area contributed by atoms with E-state index in [1.54, 1.807) is 24.1 Å². The van der Waals surface area contributed by atoms with Crippen molar-refractivity contribution in [2.45, 2.75) is 0 Å². The molecule has 2 aromatic heterocycles. The zero-order valence-corrected chi connectivity index (χ0v) is 16.1. The number of hydrogen-bond acceptors (Lipinski definition) is 6. The molecule has 0 atom stereocenters. The number of nitrogens with two attached hydrogens (primary N) is 1. The number of rotatable bonds is 4. The molecule has 0 aliphatic carbocycles. The van der Waals surface area contributed by atoms with E-state index in [-0.39, 0.29) is 5.56 Å². The maximum absolute atomic E-state index is 11.6. The number of ether oxygens (including phenoxy) is 1. The number of aromatic amines is 1. The summed E-state index contributed by atoms with van der Waals surface area (Å²) in [4.78, 5) is 18.8. The number of nitrogen functional groups attached to an aromatic ring is 1. The third-order valence-corrected chi connectivity index (χ3v) is 5.11. The van der Waals surface area contributed by atoms with Crippen LogP contribution in [0.1, 0.15) is 0 Å². The second-order valence-electron chi connectivity index (χ2n) is 6.90. The molecule has 146 valence electrons. The van der Waals surface area contributed by atoms with Gasteiger partial charge in [0.15, 0.2) is 0 Å². The summed E-state index contributed by atoms with van der Waals surface area (Å²) in [5.41, 5.74) is 10.8. The maximum atomic E-state index is 11.6. The monoisotopic (exact) mass is 380 g/mol. The molecule has 0 bridgehead atoms. The molecule has 0 spiro atoms. The van der Waals surface area contributed by atoms with E-state index in [0.29, 0.717) is 11.4 Å². The van der Waals surface area contributed by atoms with Gasteiger partial charge in [-0.25, -0.2) is 0 Å². The smallest absolute Gasteiger partial charge is 0.249 e. The molecular weight excluding hydrogens is 356 g/mol. The van der Waals surface area contributed by atoms with Crippen LogP contribution >= 0.6 is 0 Å². The van der Waals surface area contributed by atoms with Crippen molar-refractivity contribution in [3.63, 3.8) is 0 Å². The van der Waals surface area contributed by atoms with Crippen LogP contribution in [0.3, 0.4) is 0 Å². The van der Waals surface area contributed by atoms with Crippen LogP contribution in [0, 0.1) is 0 Å². The number of aryl methyl sites for hydroxylation is 1. The molecule has 3 aromatic rings. The normalized spacial score (nSPS) is 14.4. The molecule has 0 radical (unpaired) electrons. The van der Waals surface area contributed by atoms with Crippen LogP contribution in [-0.4, -0.2) is 48.1 Å². The molecule has 4 rings (SSSR count). The van der Waals surface area contributed by atoms with Gasteiger partial charge in [-0.05, 0) is 12.1 Å². The fourth-order valence-corrected chi connectivity index (χ4v) is 3.65. The van der Waals surface area contributed by atoms with E-state index in [2.05, 4.69) is 19.9 Å². The summed E-state index contributed by atoms with van der Waals surface area (Å²) in [5.74, 6) is 0.666. The zero-order valence-electron chi connectivity index (χ0n) is 16.1. The Kier molecular flexibility index (Phi) is 4.68. The van der Waals surface area contributed by atoms with Gasteiger partial charge in [0.2, 0.25) is 5.56 Å². The predicted molar refractivity (Wildman–Crippen MR) is 111 cm³/mol. The first-order chi connectivity index (χ1) is 13.5. The lowest BCUT2D eigenvalue weighted by Crippen LogP contribution is -2.47. The molecule has 8 nitrogen and oxygen atoms in total. The highest BCUT2D eigenvalue weighted by atomic mass is 16.5. The second kappa shape index (κ2) is 7.30. The third kappa shape index (κ3) is 3.40. The van der Waals surface area contributed by atoms with Gasteiger partial charge in [-0.15, -0.1) is 0 Å². The van der Waals surface area contributed by atoms with Crippen molar-refractivity contribution in [3.8, 4) is 16.9 Å². The first kappa shape index (κ1) is 18.0. The van der Waals surface area contributed by atoms with Gasteiger partial charge >= 0.3 is 0 Å². The molecule has 3 N–H and O–H groups in total. The second-order valence-corrected chi connectivity index (χ2v) is 6.90. The maximum Gasteiger partial charge on any atom is 0.249 e. The van der Waals surface area contributed by atoms with Crippen LogP contribution in [0.5, 0.6) is 5.75 Å². The minimum atomic E-state index is -0.0814. The van der Waals surface area contributed by atoms with Gasteiger partial charge in [0, 0.05) is 80.3 Å². The Morgan fingerprint density at radius 2 is 1.89 bits per heavy atom. The number of nitrogens with zero attached hydrogens (tertiary/aromatic N) is 4. The lowest BCUT2D eigenvalue weighted by atomic mass is 10.0. The topological polar surface area (TPSA) is 92.4 Å². The summed E-state index contributed by atoms with van der Waals surface area (Å²) in [6.45, 7) is 3.30. The lowest BCUT2D eigenvalue weighted by molar-refractivity contribution is 0.417. The van der Waals surface area contributed by atoms with Crippen molar-refractivity contribution in [1.82, 2.24) is 14.8 Å². The minimum Gasteiger partial charge on any atom is -0.495 e. The first-order valence-corrected chi connectivity index (χ1v) is 9.20. The summed E-state index contributed by atoms with van der Waals surface area (Å²) in [6, 6.07) is 7.53. The fourth-order valence-electron chi connectivity index (χ4n) is 3.65. The van der Waals surface area contributed by atoms with Gasteiger partial charge in [-0.2, -0.15) is 5.10 Å². The highest BCUT2D eigenvalue weighted by Crippen LogP contribution is 2.38. The molecule has 0 unspecified atom stereocenters. The predicted octanol–water partition coefficient (Wildman–Crippen LogP) is 1.69. The first-order valence-electron chi connectivity index (χ1n) is 9.20. The van der Waals surface area contributed by atoms with E-state index < -0.39 is 0 Å². The van der Waals surface area contributed by atoms with E-state index in [9.17, 15) is 4.79 Å². The van der Waals surface area contributed by atoms with Gasteiger partial charge in [-0.3, -0.25) is 9.48 Å². The van der Waals surface area contributed by atoms with Crippen molar-refractivity contribution in [1.29, 1.82) is 0 Å². The number of aromatic nitrogens is 3. The van der Waals surface area contributed by atoms with E-state index in [1.165, 1.54) is 0 Å². The average Bonchev–Trinajstić information content (AvgIpc) is 3.14. The molecular formula is C20H24N6O2. The largest absolute Gasteiger partial charge is 0.495 e. The fraction of sp³-hybridized carbons (Fsp3) is 0.300. The lowest BCUT2D eigenvalue weighted by Gasteiger charge is -2.38. The summed E-state index contributed by atoms with van der Waals surface area (Å²) >= 11 is 0. The number of H-pyrrole nitrogens is 1. The van der Waals surface area contributed by atoms with Crippen molar-refractivity contribution < 1.29 is 4.74 Å². The molecule has 1 saturated heterocycles. The SMILES string of the molecule is COc1cc(N2CCN(c3cc[nH]c(=O)c3)CC2)c(-c2cnn(C)c2)cc1N. The van der Waals surface area contributed by atoms with Gasteiger partial charge in [0.1, 0.15) is 5.75 Å². The number of nitrogens with one attached hydrogen (secondary N) is 1. The number of anilines is 3. The summed E-state index contributed by atoms with van der Waals surface area (Å²) in [5, 5.41) is 4.30. The summed E-state index contributed by atoms with van der Waals surface area (Å²) in [7, 11) is 3.53.